The Morgan fingerprint density at radius 3 is 2.70 bits per heavy atom. The van der Waals surface area contributed by atoms with Gasteiger partial charge in [-0.05, 0) is 61.0 Å². The van der Waals surface area contributed by atoms with Gasteiger partial charge in [-0.25, -0.2) is 13.8 Å². The number of anilines is 1. The van der Waals surface area contributed by atoms with Crippen LogP contribution in [-0.4, -0.2) is 21.9 Å². The Morgan fingerprint density at radius 2 is 1.93 bits per heavy atom. The Morgan fingerprint density at radius 1 is 1.17 bits per heavy atom. The van der Waals surface area contributed by atoms with Gasteiger partial charge in [-0.3, -0.25) is 9.20 Å². The highest BCUT2D eigenvalue weighted by Gasteiger charge is 2.21. The monoisotopic (exact) mass is 427 g/mol. The number of amides is 1. The third-order valence-corrected chi connectivity index (χ3v) is 4.68. The zero-order valence-electron chi connectivity index (χ0n) is 15.8. The molecule has 4 aromatic rings. The van der Waals surface area contributed by atoms with E-state index in [1.165, 1.54) is 12.1 Å². The molecule has 0 spiro atoms. The van der Waals surface area contributed by atoms with Crippen molar-refractivity contribution in [2.45, 2.75) is 6.92 Å². The van der Waals surface area contributed by atoms with Crippen LogP contribution in [0.25, 0.3) is 16.9 Å². The largest absolute Gasteiger partial charge is 0.484 e. The van der Waals surface area contributed by atoms with Gasteiger partial charge in [-0.2, -0.15) is 0 Å². The molecule has 8 heteroatoms. The van der Waals surface area contributed by atoms with E-state index in [4.69, 9.17) is 16.3 Å². The van der Waals surface area contributed by atoms with Crippen molar-refractivity contribution < 1.29 is 18.3 Å². The highest BCUT2D eigenvalue weighted by Crippen LogP contribution is 2.32. The number of rotatable bonds is 5. The van der Waals surface area contributed by atoms with E-state index in [1.807, 2.05) is 13.0 Å². The van der Waals surface area contributed by atoms with Gasteiger partial charge in [0, 0.05) is 16.8 Å². The van der Waals surface area contributed by atoms with Crippen LogP contribution in [0.15, 0.2) is 60.8 Å². The first-order valence-corrected chi connectivity index (χ1v) is 9.41. The Hall–Kier alpha value is -3.45. The van der Waals surface area contributed by atoms with Crippen molar-refractivity contribution in [3.05, 3.63) is 83.0 Å². The summed E-state index contributed by atoms with van der Waals surface area (Å²) in [5.74, 6) is -1.82. The van der Waals surface area contributed by atoms with Gasteiger partial charge in [0.05, 0.1) is 0 Å². The molecule has 0 aliphatic rings. The Bertz CT molecular complexity index is 1240. The number of imidazole rings is 1. The molecule has 0 radical (unpaired) electrons. The van der Waals surface area contributed by atoms with Crippen LogP contribution >= 0.6 is 11.6 Å². The summed E-state index contributed by atoms with van der Waals surface area (Å²) in [7, 11) is 0. The molecule has 4 rings (SSSR count). The maximum Gasteiger partial charge on any atom is 0.263 e. The lowest BCUT2D eigenvalue weighted by Gasteiger charge is -2.10. The first kappa shape index (κ1) is 19.8. The molecule has 0 unspecified atom stereocenters. The van der Waals surface area contributed by atoms with Crippen LogP contribution in [0.3, 0.4) is 0 Å². The van der Waals surface area contributed by atoms with Gasteiger partial charge < -0.3 is 10.1 Å². The molecule has 0 saturated heterocycles. The standard InChI is InChI=1S/C22H16ClF2N3O2/c1-13-9-10-28-18(11-13)26-21(16-3-2-4-17(24)20(16)25)22(28)27-19(29)12-30-15-7-5-14(23)6-8-15/h2-11H,12H2,1H3,(H,27,29). The molecule has 0 aliphatic heterocycles. The first-order chi connectivity index (χ1) is 14.4. The molecular weight excluding hydrogens is 412 g/mol. The first-order valence-electron chi connectivity index (χ1n) is 9.03. The van der Waals surface area contributed by atoms with Gasteiger partial charge in [-0.1, -0.05) is 17.7 Å². The smallest absolute Gasteiger partial charge is 0.263 e. The third kappa shape index (κ3) is 3.97. The number of carbonyl (C=O) groups excluding carboxylic acids is 1. The van der Waals surface area contributed by atoms with E-state index in [1.54, 1.807) is 40.9 Å². The van der Waals surface area contributed by atoms with Crippen LogP contribution in [0.4, 0.5) is 14.6 Å². The molecule has 2 aromatic heterocycles. The van der Waals surface area contributed by atoms with Crippen molar-refractivity contribution in [1.29, 1.82) is 0 Å². The number of aromatic nitrogens is 2. The van der Waals surface area contributed by atoms with Crippen LogP contribution in [0.5, 0.6) is 5.75 Å². The van der Waals surface area contributed by atoms with Crippen LogP contribution in [0.1, 0.15) is 5.56 Å². The van der Waals surface area contributed by atoms with Crippen molar-refractivity contribution in [2.24, 2.45) is 0 Å². The van der Waals surface area contributed by atoms with Gasteiger partial charge in [0.1, 0.15) is 22.9 Å². The predicted octanol–water partition coefficient (Wildman–Crippen LogP) is 5.26. The normalized spacial score (nSPS) is 10.9. The number of ether oxygens (including phenoxy) is 1. The number of fused-ring (bicyclic) bond motifs is 1. The molecular formula is C22H16ClF2N3O2. The van der Waals surface area contributed by atoms with Gasteiger partial charge in [-0.15, -0.1) is 0 Å². The SMILES string of the molecule is Cc1ccn2c(NC(=O)COc3ccc(Cl)cc3)c(-c3cccc(F)c3F)nc2c1. The number of hydrogen-bond acceptors (Lipinski definition) is 3. The average Bonchev–Trinajstić information content (AvgIpc) is 3.06. The maximum atomic E-state index is 14.4. The molecule has 152 valence electrons. The van der Waals surface area contributed by atoms with Gasteiger partial charge >= 0.3 is 0 Å². The average molecular weight is 428 g/mol. The van der Waals surface area contributed by atoms with Crippen LogP contribution < -0.4 is 10.1 Å². The molecule has 0 saturated carbocycles. The van der Waals surface area contributed by atoms with Crippen molar-refractivity contribution in [3.63, 3.8) is 0 Å². The van der Waals surface area contributed by atoms with Gasteiger partial charge in [0.2, 0.25) is 0 Å². The van der Waals surface area contributed by atoms with E-state index in [2.05, 4.69) is 10.3 Å². The van der Waals surface area contributed by atoms with E-state index in [0.29, 0.717) is 16.4 Å². The number of benzene rings is 2. The Kier molecular flexibility index (Phi) is 5.37. The molecule has 0 atom stereocenters. The Balaban J connectivity index is 1.67. The predicted molar refractivity (Wildman–Crippen MR) is 111 cm³/mol. The summed E-state index contributed by atoms with van der Waals surface area (Å²) >= 11 is 5.83. The number of halogens is 3. The second kappa shape index (κ2) is 8.12. The summed E-state index contributed by atoms with van der Waals surface area (Å²) in [5.41, 5.74) is 1.49. The second-order valence-electron chi connectivity index (χ2n) is 6.63. The molecule has 2 aromatic carbocycles. The van der Waals surface area contributed by atoms with Crippen LogP contribution in [0.2, 0.25) is 5.02 Å². The molecule has 30 heavy (non-hydrogen) atoms. The summed E-state index contributed by atoms with van der Waals surface area (Å²) in [6.45, 7) is 1.60. The van der Waals surface area contributed by atoms with E-state index >= 15 is 0 Å². The minimum absolute atomic E-state index is 0.0507. The highest BCUT2D eigenvalue weighted by atomic mass is 35.5. The zero-order chi connectivity index (χ0) is 21.3. The maximum absolute atomic E-state index is 14.4. The number of nitrogens with one attached hydrogen (secondary N) is 1. The van der Waals surface area contributed by atoms with E-state index in [0.717, 1.165) is 11.6 Å². The molecule has 1 N–H and O–H groups in total. The van der Waals surface area contributed by atoms with Crippen molar-refractivity contribution in [1.82, 2.24) is 9.38 Å². The number of hydrogen-bond donors (Lipinski definition) is 1. The van der Waals surface area contributed by atoms with E-state index in [9.17, 15) is 13.6 Å². The third-order valence-electron chi connectivity index (χ3n) is 4.43. The fraction of sp³-hybridized carbons (Fsp3) is 0.0909. The summed E-state index contributed by atoms with van der Waals surface area (Å²) in [6.07, 6.45) is 1.70. The summed E-state index contributed by atoms with van der Waals surface area (Å²) in [5, 5.41) is 3.25. The van der Waals surface area contributed by atoms with E-state index in [-0.39, 0.29) is 23.7 Å². The summed E-state index contributed by atoms with van der Waals surface area (Å²) in [6, 6.07) is 14.0. The molecule has 1 amide bonds. The molecule has 0 bridgehead atoms. The lowest BCUT2D eigenvalue weighted by atomic mass is 10.1. The van der Waals surface area contributed by atoms with Crippen molar-refractivity contribution in [3.8, 4) is 17.0 Å². The zero-order valence-corrected chi connectivity index (χ0v) is 16.6. The highest BCUT2D eigenvalue weighted by molar-refractivity contribution is 6.30. The fourth-order valence-corrected chi connectivity index (χ4v) is 3.11. The number of aryl methyl sites for hydroxylation is 1. The number of carbonyl (C=O) groups is 1. The number of pyridine rings is 1. The topological polar surface area (TPSA) is 55.6 Å². The molecule has 2 heterocycles. The lowest BCUT2D eigenvalue weighted by molar-refractivity contribution is -0.118. The van der Waals surface area contributed by atoms with Crippen LogP contribution in [0, 0.1) is 18.6 Å². The van der Waals surface area contributed by atoms with Crippen molar-refractivity contribution >= 4 is 29.0 Å². The second-order valence-corrected chi connectivity index (χ2v) is 7.07. The van der Waals surface area contributed by atoms with Gasteiger partial charge in [0.25, 0.3) is 5.91 Å². The van der Waals surface area contributed by atoms with Crippen LogP contribution in [-0.2, 0) is 4.79 Å². The molecule has 0 fully saturated rings. The quantitative estimate of drug-likeness (QED) is 0.472. The van der Waals surface area contributed by atoms with Crippen molar-refractivity contribution in [2.75, 3.05) is 11.9 Å². The fourth-order valence-electron chi connectivity index (χ4n) is 2.99. The van der Waals surface area contributed by atoms with Gasteiger partial charge in [0.15, 0.2) is 18.2 Å². The summed E-state index contributed by atoms with van der Waals surface area (Å²) in [4.78, 5) is 16.9. The molecule has 0 aliphatic carbocycles. The summed E-state index contributed by atoms with van der Waals surface area (Å²) < 4.78 is 35.3. The molecule has 5 nitrogen and oxygen atoms in total. The lowest BCUT2D eigenvalue weighted by Crippen LogP contribution is -2.21. The Labute approximate surface area is 175 Å². The minimum atomic E-state index is -1.04. The van der Waals surface area contributed by atoms with E-state index < -0.39 is 17.5 Å². The number of nitrogens with zero attached hydrogens (tertiary/aromatic N) is 2. The minimum Gasteiger partial charge on any atom is -0.484 e.